The van der Waals surface area contributed by atoms with Crippen molar-refractivity contribution in [3.63, 3.8) is 0 Å². The zero-order valence-corrected chi connectivity index (χ0v) is 14.4. The van der Waals surface area contributed by atoms with E-state index in [4.69, 9.17) is 27.6 Å². The maximum atomic E-state index is 12.2. The quantitative estimate of drug-likeness (QED) is 0.893. The molecule has 23 heavy (non-hydrogen) atoms. The van der Waals surface area contributed by atoms with Gasteiger partial charge in [-0.2, -0.15) is 0 Å². The first-order valence-corrected chi connectivity index (χ1v) is 8.69. The van der Waals surface area contributed by atoms with Crippen molar-refractivity contribution in [1.29, 1.82) is 0 Å². The molecule has 0 atom stereocenters. The molecule has 1 fully saturated rings. The van der Waals surface area contributed by atoms with Gasteiger partial charge in [-0.1, -0.05) is 23.2 Å². The Hall–Kier alpha value is -1.50. The number of carbonyl (C=O) groups excluding carboxylic acids is 2. The Balaban J connectivity index is 1.54. The van der Waals surface area contributed by atoms with Gasteiger partial charge in [0, 0.05) is 19.1 Å². The van der Waals surface area contributed by atoms with Gasteiger partial charge in [0.05, 0.1) is 21.7 Å². The molecule has 0 spiro atoms. The smallest absolute Gasteiger partial charge is 0.257 e. The van der Waals surface area contributed by atoms with E-state index >= 15 is 0 Å². The SMILES string of the molecule is O=C(NC1CCN(C(=O)c2ccoc2)CC1)c1cc(Cl)sc1Cl. The summed E-state index contributed by atoms with van der Waals surface area (Å²) in [7, 11) is 0. The van der Waals surface area contributed by atoms with E-state index in [2.05, 4.69) is 5.32 Å². The largest absolute Gasteiger partial charge is 0.472 e. The minimum Gasteiger partial charge on any atom is -0.472 e. The molecule has 1 N–H and O–H groups in total. The molecule has 0 radical (unpaired) electrons. The van der Waals surface area contributed by atoms with E-state index in [9.17, 15) is 9.59 Å². The van der Waals surface area contributed by atoms with Gasteiger partial charge >= 0.3 is 0 Å². The summed E-state index contributed by atoms with van der Waals surface area (Å²) in [5, 5.41) is 2.95. The van der Waals surface area contributed by atoms with Gasteiger partial charge in [-0.15, -0.1) is 11.3 Å². The van der Waals surface area contributed by atoms with Crippen LogP contribution in [-0.2, 0) is 0 Å². The van der Waals surface area contributed by atoms with Crippen LogP contribution in [0.2, 0.25) is 8.67 Å². The number of carbonyl (C=O) groups is 2. The second-order valence-corrected chi connectivity index (χ2v) is 7.58. The summed E-state index contributed by atoms with van der Waals surface area (Å²) in [6, 6.07) is 3.24. The minimum absolute atomic E-state index is 0.0191. The third-order valence-corrected chi connectivity index (χ3v) is 5.27. The van der Waals surface area contributed by atoms with Crippen LogP contribution in [0.1, 0.15) is 33.6 Å². The average Bonchev–Trinajstić information content (AvgIpc) is 3.17. The summed E-state index contributed by atoms with van der Waals surface area (Å²) >= 11 is 13.0. The molecule has 2 aromatic rings. The van der Waals surface area contributed by atoms with Crippen LogP contribution in [-0.4, -0.2) is 35.8 Å². The van der Waals surface area contributed by atoms with Gasteiger partial charge in [0.2, 0.25) is 0 Å². The Labute approximate surface area is 147 Å². The Bertz CT molecular complexity index is 706. The highest BCUT2D eigenvalue weighted by Crippen LogP contribution is 2.31. The lowest BCUT2D eigenvalue weighted by Gasteiger charge is -2.32. The number of furan rings is 1. The molecule has 1 aliphatic rings. The third kappa shape index (κ3) is 3.71. The summed E-state index contributed by atoms with van der Waals surface area (Å²) < 4.78 is 5.81. The Kier molecular flexibility index (Phi) is 4.94. The van der Waals surface area contributed by atoms with Crippen molar-refractivity contribution in [1.82, 2.24) is 10.2 Å². The molecule has 0 saturated carbocycles. The van der Waals surface area contributed by atoms with Crippen LogP contribution in [0.15, 0.2) is 29.1 Å². The number of hydrogen-bond donors (Lipinski definition) is 1. The first kappa shape index (κ1) is 16.4. The van der Waals surface area contributed by atoms with E-state index in [0.29, 0.717) is 45.7 Å². The van der Waals surface area contributed by atoms with Gasteiger partial charge in [-0.3, -0.25) is 9.59 Å². The summed E-state index contributed by atoms with van der Waals surface area (Å²) in [6.07, 6.45) is 4.32. The van der Waals surface area contributed by atoms with Crippen LogP contribution in [0.25, 0.3) is 0 Å². The molecule has 1 aliphatic heterocycles. The molecule has 3 rings (SSSR count). The van der Waals surface area contributed by atoms with E-state index in [0.717, 1.165) is 0 Å². The van der Waals surface area contributed by atoms with Gasteiger partial charge in [0.1, 0.15) is 10.6 Å². The van der Waals surface area contributed by atoms with E-state index in [1.54, 1.807) is 17.0 Å². The van der Waals surface area contributed by atoms with Gasteiger partial charge in [-0.25, -0.2) is 0 Å². The van der Waals surface area contributed by atoms with Crippen molar-refractivity contribution >= 4 is 46.4 Å². The zero-order chi connectivity index (χ0) is 16.4. The number of nitrogens with zero attached hydrogens (tertiary/aromatic N) is 1. The number of thiophene rings is 1. The lowest BCUT2D eigenvalue weighted by Crippen LogP contribution is -2.46. The normalized spacial score (nSPS) is 15.7. The van der Waals surface area contributed by atoms with Gasteiger partial charge in [0.15, 0.2) is 0 Å². The fourth-order valence-corrected chi connectivity index (χ4v) is 4.01. The van der Waals surface area contributed by atoms with Crippen LogP contribution in [0.5, 0.6) is 0 Å². The number of amides is 2. The van der Waals surface area contributed by atoms with Crippen molar-refractivity contribution in [2.75, 3.05) is 13.1 Å². The van der Waals surface area contributed by atoms with Gasteiger partial charge in [0.25, 0.3) is 11.8 Å². The lowest BCUT2D eigenvalue weighted by atomic mass is 10.0. The first-order valence-electron chi connectivity index (χ1n) is 7.12. The fraction of sp³-hybridized carbons (Fsp3) is 0.333. The molecule has 3 heterocycles. The second-order valence-electron chi connectivity index (χ2n) is 5.29. The molecule has 5 nitrogen and oxygen atoms in total. The molecule has 0 unspecified atom stereocenters. The maximum Gasteiger partial charge on any atom is 0.257 e. The number of halogens is 2. The number of nitrogens with one attached hydrogen (secondary N) is 1. The first-order chi connectivity index (χ1) is 11.0. The van der Waals surface area contributed by atoms with Crippen LogP contribution in [0, 0.1) is 0 Å². The van der Waals surface area contributed by atoms with Crippen molar-refractivity contribution < 1.29 is 14.0 Å². The molecule has 8 heteroatoms. The number of hydrogen-bond acceptors (Lipinski definition) is 4. The molecular weight excluding hydrogens is 359 g/mol. The fourth-order valence-electron chi connectivity index (χ4n) is 2.55. The number of likely N-dealkylation sites (tertiary alicyclic amines) is 1. The molecule has 1 saturated heterocycles. The van der Waals surface area contributed by atoms with Crippen molar-refractivity contribution in [2.45, 2.75) is 18.9 Å². The minimum atomic E-state index is -0.224. The Morgan fingerprint density at radius 3 is 2.61 bits per heavy atom. The summed E-state index contributed by atoms with van der Waals surface area (Å²) in [4.78, 5) is 26.2. The molecule has 0 bridgehead atoms. The van der Waals surface area contributed by atoms with Crippen molar-refractivity contribution in [3.05, 3.63) is 44.5 Å². The van der Waals surface area contributed by atoms with Gasteiger partial charge in [-0.05, 0) is 25.0 Å². The standard InChI is InChI=1S/C15H14Cl2N2O3S/c16-12-7-11(13(17)23-12)14(20)18-10-1-4-19(5-2-10)15(21)9-3-6-22-8-9/h3,6-8,10H,1-2,4-5H2,(H,18,20). The predicted octanol–water partition coefficient (Wildman–Crippen LogP) is 3.68. The van der Waals surface area contributed by atoms with Crippen LogP contribution in [0.3, 0.4) is 0 Å². The summed E-state index contributed by atoms with van der Waals surface area (Å²) in [5.41, 5.74) is 0.950. The molecular formula is C15H14Cl2N2O3S. The number of piperidine rings is 1. The third-order valence-electron chi connectivity index (χ3n) is 3.79. The molecule has 0 aromatic carbocycles. The van der Waals surface area contributed by atoms with E-state index < -0.39 is 0 Å². The maximum absolute atomic E-state index is 12.2. The average molecular weight is 373 g/mol. The van der Waals surface area contributed by atoms with Crippen molar-refractivity contribution in [2.24, 2.45) is 0 Å². The molecule has 2 aromatic heterocycles. The lowest BCUT2D eigenvalue weighted by molar-refractivity contribution is 0.0697. The van der Waals surface area contributed by atoms with E-state index in [1.807, 2.05) is 0 Å². The van der Waals surface area contributed by atoms with Crippen LogP contribution >= 0.6 is 34.5 Å². The highest BCUT2D eigenvalue weighted by molar-refractivity contribution is 7.20. The highest BCUT2D eigenvalue weighted by atomic mass is 35.5. The van der Waals surface area contributed by atoms with Crippen LogP contribution in [0.4, 0.5) is 0 Å². The Morgan fingerprint density at radius 2 is 2.04 bits per heavy atom. The topological polar surface area (TPSA) is 62.6 Å². The number of rotatable bonds is 3. The highest BCUT2D eigenvalue weighted by Gasteiger charge is 2.26. The van der Waals surface area contributed by atoms with E-state index in [1.165, 1.54) is 23.9 Å². The molecule has 2 amide bonds. The van der Waals surface area contributed by atoms with Crippen molar-refractivity contribution in [3.8, 4) is 0 Å². The van der Waals surface area contributed by atoms with Crippen LogP contribution < -0.4 is 5.32 Å². The van der Waals surface area contributed by atoms with Gasteiger partial charge < -0.3 is 14.6 Å². The summed E-state index contributed by atoms with van der Waals surface area (Å²) in [6.45, 7) is 1.18. The zero-order valence-electron chi connectivity index (χ0n) is 12.1. The summed E-state index contributed by atoms with van der Waals surface area (Å²) in [5.74, 6) is -0.269. The molecule has 0 aliphatic carbocycles. The predicted molar refractivity (Wildman–Crippen MR) is 89.4 cm³/mol. The Morgan fingerprint density at radius 1 is 1.30 bits per heavy atom. The van der Waals surface area contributed by atoms with E-state index in [-0.39, 0.29) is 17.9 Å². The monoisotopic (exact) mass is 372 g/mol. The second kappa shape index (κ2) is 6.95. The molecule has 122 valence electrons.